The molecule has 1 heterocycles. The highest BCUT2D eigenvalue weighted by Gasteiger charge is 2.57. The molecule has 1 aliphatic rings. The van der Waals surface area contributed by atoms with E-state index in [9.17, 15) is 4.79 Å². The van der Waals surface area contributed by atoms with E-state index in [0.717, 1.165) is 34.6 Å². The summed E-state index contributed by atoms with van der Waals surface area (Å²) in [5, 5.41) is 1.57. The SMILES string of the molecule is CC(C)(C)c1cc(CC2(Cc3cc(C(C)(C)C)cc(C(C)(C)C)c3)C(=O)N(CCCCBr)C(=O)N(CCCCBr)C2=O)cc(C(C)(C)C)c1. The van der Waals surface area contributed by atoms with Crippen LogP contribution in [0.3, 0.4) is 0 Å². The van der Waals surface area contributed by atoms with Crippen LogP contribution in [0.2, 0.25) is 0 Å². The fourth-order valence-corrected chi connectivity index (χ4v) is 7.23. The monoisotopic (exact) mass is 800 g/mol. The Morgan fingerprint density at radius 1 is 0.490 bits per heavy atom. The molecule has 5 nitrogen and oxygen atoms in total. The lowest BCUT2D eigenvalue weighted by molar-refractivity contribution is -0.159. The Morgan fingerprint density at radius 2 is 0.776 bits per heavy atom. The highest BCUT2D eigenvalue weighted by Crippen LogP contribution is 2.41. The Labute approximate surface area is 314 Å². The van der Waals surface area contributed by atoms with Crippen LogP contribution in [0.1, 0.15) is 142 Å². The second kappa shape index (κ2) is 15.7. The molecule has 272 valence electrons. The van der Waals surface area contributed by atoms with Crippen molar-refractivity contribution in [1.82, 2.24) is 9.80 Å². The number of amides is 4. The van der Waals surface area contributed by atoms with Crippen molar-refractivity contribution in [3.05, 3.63) is 69.8 Å². The van der Waals surface area contributed by atoms with E-state index < -0.39 is 11.4 Å². The molecule has 0 atom stereocenters. The van der Waals surface area contributed by atoms with Crippen molar-refractivity contribution >= 4 is 49.7 Å². The predicted octanol–water partition coefficient (Wildman–Crippen LogP) is 10.8. The summed E-state index contributed by atoms with van der Waals surface area (Å²) in [4.78, 5) is 47.1. The van der Waals surface area contributed by atoms with Crippen molar-refractivity contribution in [3.63, 3.8) is 0 Å². The van der Waals surface area contributed by atoms with Crippen molar-refractivity contribution in [3.8, 4) is 0 Å². The first-order chi connectivity index (χ1) is 22.5. The van der Waals surface area contributed by atoms with Crippen LogP contribution in [-0.2, 0) is 44.1 Å². The third kappa shape index (κ3) is 10.1. The topological polar surface area (TPSA) is 57.7 Å². The third-order valence-corrected chi connectivity index (χ3v) is 10.9. The summed E-state index contributed by atoms with van der Waals surface area (Å²) in [6.45, 7) is 27.0. The molecule has 0 spiro atoms. The zero-order valence-corrected chi connectivity index (χ0v) is 35.6. The lowest BCUT2D eigenvalue weighted by atomic mass is 9.70. The number of carbonyl (C=O) groups is 3. The Hall–Kier alpha value is -1.99. The molecule has 49 heavy (non-hydrogen) atoms. The highest BCUT2D eigenvalue weighted by atomic mass is 79.9. The molecule has 2 aromatic carbocycles. The Kier molecular flexibility index (Phi) is 13.3. The van der Waals surface area contributed by atoms with E-state index in [1.165, 1.54) is 32.1 Å². The number of urea groups is 1. The van der Waals surface area contributed by atoms with Crippen LogP contribution in [-0.4, -0.2) is 51.4 Å². The summed E-state index contributed by atoms with van der Waals surface area (Å²) >= 11 is 7.02. The summed E-state index contributed by atoms with van der Waals surface area (Å²) in [5.74, 6) is -0.739. The van der Waals surface area contributed by atoms with Gasteiger partial charge in [0.05, 0.1) is 0 Å². The predicted molar refractivity (Wildman–Crippen MR) is 212 cm³/mol. The maximum absolute atomic E-state index is 15.1. The number of unbranched alkanes of at least 4 members (excludes halogenated alkanes) is 2. The van der Waals surface area contributed by atoms with Gasteiger partial charge in [0, 0.05) is 23.7 Å². The number of hydrogen-bond acceptors (Lipinski definition) is 3. The molecule has 1 fully saturated rings. The fourth-order valence-electron chi connectivity index (χ4n) is 6.43. The first kappa shape index (κ1) is 41.4. The lowest BCUT2D eigenvalue weighted by Crippen LogP contribution is -2.66. The van der Waals surface area contributed by atoms with Crippen LogP contribution in [0.4, 0.5) is 4.79 Å². The Morgan fingerprint density at radius 3 is 1.02 bits per heavy atom. The number of benzene rings is 2. The maximum atomic E-state index is 15.1. The van der Waals surface area contributed by atoms with Gasteiger partial charge in [-0.1, -0.05) is 151 Å². The van der Waals surface area contributed by atoms with Gasteiger partial charge in [-0.3, -0.25) is 19.4 Å². The lowest BCUT2D eigenvalue weighted by Gasteiger charge is -2.45. The van der Waals surface area contributed by atoms with Crippen molar-refractivity contribution in [2.45, 2.75) is 143 Å². The molecule has 4 amide bonds. The van der Waals surface area contributed by atoms with Crippen LogP contribution < -0.4 is 0 Å². The minimum Gasteiger partial charge on any atom is -0.273 e. The Balaban J connectivity index is 2.39. The molecule has 0 unspecified atom stereocenters. The number of rotatable bonds is 12. The van der Waals surface area contributed by atoms with Crippen LogP contribution in [0.25, 0.3) is 0 Å². The van der Waals surface area contributed by atoms with Gasteiger partial charge in [-0.2, -0.15) is 0 Å². The van der Waals surface area contributed by atoms with Crippen molar-refractivity contribution in [2.75, 3.05) is 23.7 Å². The van der Waals surface area contributed by atoms with Gasteiger partial charge in [-0.05, 0) is 93.6 Å². The van der Waals surface area contributed by atoms with Crippen molar-refractivity contribution in [2.24, 2.45) is 5.41 Å². The quantitative estimate of drug-likeness (QED) is 0.122. The van der Waals surface area contributed by atoms with Gasteiger partial charge >= 0.3 is 6.03 Å². The van der Waals surface area contributed by atoms with Gasteiger partial charge < -0.3 is 0 Å². The van der Waals surface area contributed by atoms with E-state index >= 15 is 9.59 Å². The van der Waals surface area contributed by atoms with E-state index in [1.807, 2.05) is 0 Å². The molecule has 7 heteroatoms. The van der Waals surface area contributed by atoms with Gasteiger partial charge in [0.2, 0.25) is 11.8 Å². The van der Waals surface area contributed by atoms with Gasteiger partial charge in [-0.25, -0.2) is 4.79 Å². The standard InChI is InChI=1S/C42H62Br2N2O3/c1-38(2,3)31-21-29(22-32(25-31)39(4,5)6)27-42(28-30-23-33(40(7,8)9)26-34(24-30)41(10,11)12)35(47)45(19-15-13-17-43)37(49)46(36(42)48)20-16-14-18-44/h21-26H,13-20,27-28H2,1-12H3. The Bertz CT molecular complexity index is 1330. The molecular weight excluding hydrogens is 740 g/mol. The molecule has 1 saturated heterocycles. The molecule has 0 aromatic heterocycles. The van der Waals surface area contributed by atoms with Gasteiger partial charge in [-0.15, -0.1) is 0 Å². The average Bonchev–Trinajstić information content (AvgIpc) is 2.97. The number of alkyl halides is 2. The highest BCUT2D eigenvalue weighted by molar-refractivity contribution is 9.09. The first-order valence-corrected chi connectivity index (χ1v) is 20.3. The molecule has 0 N–H and O–H groups in total. The number of carbonyl (C=O) groups excluding carboxylic acids is 3. The summed E-state index contributed by atoms with van der Waals surface area (Å²) < 4.78 is 0. The molecule has 2 aromatic rings. The number of barbiturate groups is 1. The summed E-state index contributed by atoms with van der Waals surface area (Å²) in [7, 11) is 0. The molecular formula is C42H62Br2N2O3. The number of hydrogen-bond donors (Lipinski definition) is 0. The number of nitrogens with zero attached hydrogens (tertiary/aromatic N) is 2. The normalized spacial score (nSPS) is 16.2. The minimum atomic E-state index is -1.48. The third-order valence-electron chi connectivity index (χ3n) is 9.76. The van der Waals surface area contributed by atoms with Crippen LogP contribution in [0, 0.1) is 5.41 Å². The van der Waals surface area contributed by atoms with Gasteiger partial charge in [0.1, 0.15) is 5.41 Å². The maximum Gasteiger partial charge on any atom is 0.333 e. The minimum absolute atomic E-state index is 0.133. The molecule has 0 aliphatic carbocycles. The van der Waals surface area contributed by atoms with Crippen molar-refractivity contribution in [1.29, 1.82) is 0 Å². The molecule has 3 rings (SSSR count). The molecule has 0 radical (unpaired) electrons. The number of halogens is 2. The van der Waals surface area contributed by atoms with Gasteiger partial charge in [0.25, 0.3) is 0 Å². The summed E-state index contributed by atoms with van der Waals surface area (Å²) in [5.41, 5.74) is 4.59. The van der Waals surface area contributed by atoms with E-state index in [0.29, 0.717) is 12.8 Å². The summed E-state index contributed by atoms with van der Waals surface area (Å²) in [6, 6.07) is 12.8. The summed E-state index contributed by atoms with van der Waals surface area (Å²) in [6.07, 6.45) is 3.44. The molecule has 0 saturated carbocycles. The zero-order chi connectivity index (χ0) is 37.2. The van der Waals surface area contributed by atoms with Crippen LogP contribution in [0.5, 0.6) is 0 Å². The average molecular weight is 803 g/mol. The fraction of sp³-hybridized carbons (Fsp3) is 0.643. The van der Waals surface area contributed by atoms with E-state index in [1.54, 1.807) is 0 Å². The molecule has 0 bridgehead atoms. The second-order valence-corrected chi connectivity index (χ2v) is 19.8. The smallest absolute Gasteiger partial charge is 0.273 e. The van der Waals surface area contributed by atoms with Crippen LogP contribution in [0.15, 0.2) is 36.4 Å². The molecule has 1 aliphatic heterocycles. The largest absolute Gasteiger partial charge is 0.333 e. The zero-order valence-electron chi connectivity index (χ0n) is 32.4. The first-order valence-electron chi connectivity index (χ1n) is 18.1. The van der Waals surface area contributed by atoms with Crippen molar-refractivity contribution < 1.29 is 14.4 Å². The number of imide groups is 2. The van der Waals surface area contributed by atoms with E-state index in [2.05, 4.69) is 151 Å². The second-order valence-electron chi connectivity index (χ2n) is 18.3. The van der Waals surface area contributed by atoms with Gasteiger partial charge in [0.15, 0.2) is 0 Å². The van der Waals surface area contributed by atoms with Crippen LogP contribution >= 0.6 is 31.9 Å². The van der Waals surface area contributed by atoms with E-state index in [-0.39, 0.29) is 59.4 Å². The van der Waals surface area contributed by atoms with E-state index in [4.69, 9.17) is 0 Å².